The van der Waals surface area contributed by atoms with E-state index in [4.69, 9.17) is 4.99 Å². The Morgan fingerprint density at radius 2 is 1.68 bits per heavy atom. The van der Waals surface area contributed by atoms with E-state index in [2.05, 4.69) is 79.5 Å². The molecule has 3 nitrogen and oxygen atoms in total. The van der Waals surface area contributed by atoms with Crippen molar-refractivity contribution >= 4 is 76.8 Å². The number of carbonyl (C=O) groups excluding carboxylic acids is 1. The van der Waals surface area contributed by atoms with E-state index in [1.807, 2.05) is 18.2 Å². The van der Waals surface area contributed by atoms with Crippen LogP contribution < -0.4 is 5.19 Å². The number of nitrogens with zero attached hydrogens (tertiary/aromatic N) is 1. The van der Waals surface area contributed by atoms with Crippen molar-refractivity contribution in [2.75, 3.05) is 0 Å². The number of phenolic OH excluding ortho intramolecular Hbond substituents is 1. The number of benzene rings is 1. The third-order valence-electron chi connectivity index (χ3n) is 6.28. The predicted molar refractivity (Wildman–Crippen MR) is 140 cm³/mol. The van der Waals surface area contributed by atoms with Crippen LogP contribution in [0.25, 0.3) is 10.0 Å². The number of halogens is 2. The molecular weight excluding hydrogens is 601 g/mol. The number of hydrogen-bond donors (Lipinski definition) is 1. The first kappa shape index (κ1) is 23.2. The van der Waals surface area contributed by atoms with Crippen molar-refractivity contribution in [3.63, 3.8) is 0 Å². The number of aromatic hydroxyl groups is 1. The minimum atomic E-state index is -2.69. The fraction of sp³-hybridized carbons (Fsp3) is 0.333. The summed E-state index contributed by atoms with van der Waals surface area (Å²) < 4.78 is 3.25. The molecule has 0 bridgehead atoms. The molecule has 0 spiro atoms. The van der Waals surface area contributed by atoms with E-state index in [1.165, 1.54) is 0 Å². The van der Waals surface area contributed by atoms with Gasteiger partial charge in [-0.3, -0.25) is 0 Å². The van der Waals surface area contributed by atoms with Crippen LogP contribution in [0.1, 0.15) is 41.5 Å². The fourth-order valence-corrected chi connectivity index (χ4v) is 17.8. The van der Waals surface area contributed by atoms with Crippen LogP contribution in [-0.2, 0) is 4.79 Å². The van der Waals surface area contributed by atoms with Gasteiger partial charge >= 0.3 is 209 Å². The van der Waals surface area contributed by atoms with Crippen LogP contribution >= 0.6 is 31.9 Å². The average molecular weight is 626 g/mol. The third kappa shape index (κ3) is 3.39. The number of phenols is 1. The second kappa shape index (κ2) is 7.52. The maximum atomic E-state index is 12.6. The summed E-state index contributed by atoms with van der Waals surface area (Å²) in [7, 11) is -2.69. The first-order valence-electron chi connectivity index (χ1n) is 10.1. The Morgan fingerprint density at radius 3 is 2.23 bits per heavy atom. The van der Waals surface area contributed by atoms with Gasteiger partial charge in [-0.25, -0.2) is 0 Å². The Kier molecular flexibility index (Phi) is 5.63. The molecule has 0 unspecified atom stereocenters. The van der Waals surface area contributed by atoms with Gasteiger partial charge in [-0.15, -0.1) is 0 Å². The Hall–Kier alpha value is -0.984. The molecule has 0 radical (unpaired) electrons. The Labute approximate surface area is 207 Å². The standard InChI is InChI=1S/C24H25Br2NO2SeSi/c1-23(2,3)31(24(4,5)6)18-11-13(28)7-8-15(18)27-16-9-10-17(29)20(22(16)31)21-14(25)12-19(26)30-21/h7-12,29H,1-6H3. The van der Waals surface area contributed by atoms with Gasteiger partial charge in [0.2, 0.25) is 0 Å². The van der Waals surface area contributed by atoms with Crippen LogP contribution in [-0.4, -0.2) is 39.2 Å². The second-order valence-electron chi connectivity index (χ2n) is 10.1. The monoisotopic (exact) mass is 625 g/mol. The zero-order chi connectivity index (χ0) is 22.9. The minimum absolute atomic E-state index is 0.0133. The molecular formula is C24H25Br2NO2SeSi. The van der Waals surface area contributed by atoms with Crippen molar-refractivity contribution in [1.82, 2.24) is 0 Å². The van der Waals surface area contributed by atoms with E-state index in [-0.39, 0.29) is 36.1 Å². The maximum absolute atomic E-state index is 12.6. The molecule has 31 heavy (non-hydrogen) atoms. The van der Waals surface area contributed by atoms with Crippen molar-refractivity contribution in [3.05, 3.63) is 49.4 Å². The van der Waals surface area contributed by atoms with Crippen LogP contribution in [0, 0.1) is 0 Å². The molecule has 2 heterocycles. The summed E-state index contributed by atoms with van der Waals surface area (Å²) in [5, 5.41) is 13.2. The molecule has 2 aliphatic rings. The first-order valence-corrected chi connectivity index (χ1v) is 15.4. The average Bonchev–Trinajstić information content (AvgIpc) is 2.95. The van der Waals surface area contributed by atoms with Crippen LogP contribution in [0.15, 0.2) is 54.4 Å². The fourth-order valence-electron chi connectivity index (χ4n) is 5.66. The van der Waals surface area contributed by atoms with E-state index in [0.717, 1.165) is 39.6 Å². The van der Waals surface area contributed by atoms with E-state index >= 15 is 0 Å². The van der Waals surface area contributed by atoms with Gasteiger partial charge in [0.05, 0.1) is 0 Å². The molecule has 1 N–H and O–H groups in total. The van der Waals surface area contributed by atoms with Gasteiger partial charge in [-0.2, -0.15) is 0 Å². The van der Waals surface area contributed by atoms with Crippen LogP contribution in [0.4, 0.5) is 5.69 Å². The van der Waals surface area contributed by atoms with Crippen LogP contribution in [0.2, 0.25) is 10.1 Å². The van der Waals surface area contributed by atoms with Crippen molar-refractivity contribution in [2.24, 2.45) is 4.99 Å². The van der Waals surface area contributed by atoms with E-state index in [9.17, 15) is 9.90 Å². The summed E-state index contributed by atoms with van der Waals surface area (Å²) in [6.07, 6.45) is 5.30. The summed E-state index contributed by atoms with van der Waals surface area (Å²) >= 11 is 7.44. The topological polar surface area (TPSA) is 49.7 Å². The van der Waals surface area contributed by atoms with Gasteiger partial charge in [-0.1, -0.05) is 0 Å². The Morgan fingerprint density at radius 1 is 1.03 bits per heavy atom. The van der Waals surface area contributed by atoms with Gasteiger partial charge in [0.1, 0.15) is 0 Å². The number of fused-ring (bicyclic) bond motifs is 2. The van der Waals surface area contributed by atoms with Gasteiger partial charge in [-0.05, 0) is 0 Å². The summed E-state index contributed by atoms with van der Waals surface area (Å²) in [4.78, 5) is 17.6. The number of aliphatic imine (C=N–C) groups is 1. The summed E-state index contributed by atoms with van der Waals surface area (Å²) in [5.74, 6) is 0.296. The molecule has 4 rings (SSSR count). The number of rotatable bonds is 1. The molecule has 0 amide bonds. The van der Waals surface area contributed by atoms with Crippen LogP contribution in [0.3, 0.4) is 0 Å². The van der Waals surface area contributed by atoms with Gasteiger partial charge in [0, 0.05) is 0 Å². The number of hydrogen-bond acceptors (Lipinski definition) is 3. The number of ketones is 1. The van der Waals surface area contributed by atoms with Crippen molar-refractivity contribution in [2.45, 2.75) is 51.6 Å². The van der Waals surface area contributed by atoms with E-state index < -0.39 is 8.07 Å². The van der Waals surface area contributed by atoms with Crippen molar-refractivity contribution < 1.29 is 9.90 Å². The van der Waals surface area contributed by atoms with Gasteiger partial charge in [0.25, 0.3) is 0 Å². The summed E-state index contributed by atoms with van der Waals surface area (Å²) in [6.45, 7) is 13.7. The molecule has 0 saturated heterocycles. The third-order valence-corrected chi connectivity index (χ3v) is 17.5. The molecule has 162 valence electrons. The molecule has 2 aromatic rings. The molecule has 1 aromatic heterocycles. The quantitative estimate of drug-likeness (QED) is 0.287. The van der Waals surface area contributed by atoms with Crippen molar-refractivity contribution in [1.29, 1.82) is 0 Å². The Bertz CT molecular complexity index is 1200. The predicted octanol–water partition coefficient (Wildman–Crippen LogP) is 6.59. The van der Waals surface area contributed by atoms with Crippen LogP contribution in [0.5, 0.6) is 5.75 Å². The zero-order valence-electron chi connectivity index (χ0n) is 18.4. The summed E-state index contributed by atoms with van der Waals surface area (Å²) in [5.41, 5.74) is 2.71. The molecule has 1 aliphatic carbocycles. The Balaban J connectivity index is 2.27. The second-order valence-corrected chi connectivity index (χ2v) is 20.8. The normalized spacial score (nSPS) is 17.7. The first-order chi connectivity index (χ1) is 14.3. The molecule has 1 aromatic carbocycles. The SMILES string of the molecule is CC(C)(C)[Si]1(C(C)(C)C)C2=CC(=O)C=CC2=Nc2ccc(O)c(-c3[se]c(Br)cc3Br)c21. The molecule has 0 atom stereocenters. The molecule has 0 fully saturated rings. The van der Waals surface area contributed by atoms with Gasteiger partial charge < -0.3 is 0 Å². The van der Waals surface area contributed by atoms with E-state index in [0.29, 0.717) is 0 Å². The molecule has 0 saturated carbocycles. The molecule has 1 aliphatic heterocycles. The number of allylic oxidation sites excluding steroid dienone is 4. The zero-order valence-corrected chi connectivity index (χ0v) is 24.3. The summed E-state index contributed by atoms with van der Waals surface area (Å²) in [6, 6.07) is 5.79. The number of carbonyl (C=O) groups is 1. The van der Waals surface area contributed by atoms with Crippen molar-refractivity contribution in [3.8, 4) is 15.8 Å². The van der Waals surface area contributed by atoms with E-state index in [1.54, 1.807) is 12.1 Å². The van der Waals surface area contributed by atoms with Gasteiger partial charge in [0.15, 0.2) is 0 Å². The molecule has 7 heteroatoms.